The standard InChI is InChI=1S/C8H19BO4/c1-4-5-6-12-7-8-13-9(10-2)11-3/h4-8H2,1-3H3. The van der Waals surface area contributed by atoms with E-state index in [1.54, 1.807) is 0 Å². The highest BCUT2D eigenvalue weighted by atomic mass is 16.7. The van der Waals surface area contributed by atoms with Crippen molar-refractivity contribution in [3.8, 4) is 0 Å². The number of unbranched alkanes of at least 4 members (excludes halogenated alkanes) is 1. The van der Waals surface area contributed by atoms with E-state index in [-0.39, 0.29) is 0 Å². The van der Waals surface area contributed by atoms with E-state index < -0.39 is 7.32 Å². The fraction of sp³-hybridized carbons (Fsp3) is 1.00. The molecule has 0 aliphatic carbocycles. The molecule has 13 heavy (non-hydrogen) atoms. The summed E-state index contributed by atoms with van der Waals surface area (Å²) in [5.41, 5.74) is 0. The molecule has 0 aromatic rings. The summed E-state index contributed by atoms with van der Waals surface area (Å²) in [6, 6.07) is 0. The van der Waals surface area contributed by atoms with Gasteiger partial charge in [0.05, 0.1) is 13.2 Å². The van der Waals surface area contributed by atoms with Crippen LogP contribution in [0.25, 0.3) is 0 Å². The number of hydrogen-bond donors (Lipinski definition) is 0. The van der Waals surface area contributed by atoms with Crippen LogP contribution in [0.2, 0.25) is 0 Å². The zero-order valence-electron chi connectivity index (χ0n) is 8.75. The van der Waals surface area contributed by atoms with Crippen molar-refractivity contribution in [3.63, 3.8) is 0 Å². The Morgan fingerprint density at radius 2 is 1.69 bits per heavy atom. The van der Waals surface area contributed by atoms with Crippen molar-refractivity contribution in [2.45, 2.75) is 19.8 Å². The molecule has 0 aliphatic rings. The minimum Gasteiger partial charge on any atom is -0.389 e. The summed E-state index contributed by atoms with van der Waals surface area (Å²) in [6.07, 6.45) is 2.25. The minimum atomic E-state index is -0.574. The Hall–Kier alpha value is -0.0951. The van der Waals surface area contributed by atoms with Crippen molar-refractivity contribution in [2.75, 3.05) is 34.0 Å². The van der Waals surface area contributed by atoms with Gasteiger partial charge in [0.25, 0.3) is 0 Å². The van der Waals surface area contributed by atoms with Gasteiger partial charge in [-0.1, -0.05) is 13.3 Å². The SMILES string of the molecule is CCCCOCCOB(OC)OC. The lowest BCUT2D eigenvalue weighted by Crippen LogP contribution is -2.25. The highest BCUT2D eigenvalue weighted by Crippen LogP contribution is 1.90. The van der Waals surface area contributed by atoms with Crippen LogP contribution in [0.3, 0.4) is 0 Å². The van der Waals surface area contributed by atoms with E-state index in [1.165, 1.54) is 14.2 Å². The monoisotopic (exact) mass is 190 g/mol. The van der Waals surface area contributed by atoms with Crippen LogP contribution in [-0.4, -0.2) is 41.4 Å². The average molecular weight is 190 g/mol. The van der Waals surface area contributed by atoms with Crippen molar-refractivity contribution in [1.82, 2.24) is 0 Å². The van der Waals surface area contributed by atoms with E-state index in [9.17, 15) is 0 Å². The van der Waals surface area contributed by atoms with Crippen molar-refractivity contribution in [3.05, 3.63) is 0 Å². The molecule has 0 radical (unpaired) electrons. The summed E-state index contributed by atoms with van der Waals surface area (Å²) in [4.78, 5) is 0. The lowest BCUT2D eigenvalue weighted by molar-refractivity contribution is 0.0663. The summed E-state index contributed by atoms with van der Waals surface area (Å²) < 4.78 is 20.1. The van der Waals surface area contributed by atoms with E-state index in [2.05, 4.69) is 6.92 Å². The smallest absolute Gasteiger partial charge is 0.389 e. The fourth-order valence-corrected chi connectivity index (χ4v) is 0.784. The van der Waals surface area contributed by atoms with Crippen molar-refractivity contribution in [2.24, 2.45) is 0 Å². The summed E-state index contributed by atoms with van der Waals surface area (Å²) in [5.74, 6) is 0. The maximum atomic E-state index is 5.28. The molecule has 0 N–H and O–H groups in total. The molecule has 0 spiro atoms. The van der Waals surface area contributed by atoms with Gasteiger partial charge in [0, 0.05) is 20.8 Å². The molecule has 0 saturated heterocycles. The van der Waals surface area contributed by atoms with Gasteiger partial charge in [0.2, 0.25) is 0 Å². The normalized spacial score (nSPS) is 10.4. The molecule has 0 aliphatic heterocycles. The molecular weight excluding hydrogens is 171 g/mol. The summed E-state index contributed by atoms with van der Waals surface area (Å²) in [6.45, 7) is 4.01. The second-order valence-electron chi connectivity index (χ2n) is 2.60. The highest BCUT2D eigenvalue weighted by molar-refractivity contribution is 6.36. The fourth-order valence-electron chi connectivity index (χ4n) is 0.784. The Morgan fingerprint density at radius 1 is 1.00 bits per heavy atom. The highest BCUT2D eigenvalue weighted by Gasteiger charge is 2.15. The molecule has 5 heteroatoms. The molecule has 0 bridgehead atoms. The molecule has 4 nitrogen and oxygen atoms in total. The van der Waals surface area contributed by atoms with Crippen LogP contribution in [-0.2, 0) is 18.7 Å². The lowest BCUT2D eigenvalue weighted by Gasteiger charge is -2.08. The Labute approximate surface area is 80.7 Å². The first-order valence-electron chi connectivity index (χ1n) is 4.60. The third-order valence-electron chi connectivity index (χ3n) is 1.51. The van der Waals surface area contributed by atoms with Crippen LogP contribution in [0.4, 0.5) is 0 Å². The van der Waals surface area contributed by atoms with Gasteiger partial charge in [0.15, 0.2) is 0 Å². The van der Waals surface area contributed by atoms with Gasteiger partial charge >= 0.3 is 7.32 Å². The number of hydrogen-bond acceptors (Lipinski definition) is 4. The predicted octanol–water partition coefficient (Wildman–Crippen LogP) is 1.10. The largest absolute Gasteiger partial charge is 0.639 e. The Balaban J connectivity index is 3.05. The van der Waals surface area contributed by atoms with Crippen molar-refractivity contribution in [1.29, 1.82) is 0 Å². The van der Waals surface area contributed by atoms with Gasteiger partial charge in [-0.15, -0.1) is 0 Å². The summed E-state index contributed by atoms with van der Waals surface area (Å²) in [7, 11) is 2.49. The minimum absolute atomic E-state index is 0.496. The van der Waals surface area contributed by atoms with Crippen molar-refractivity contribution >= 4 is 7.32 Å². The van der Waals surface area contributed by atoms with Crippen LogP contribution >= 0.6 is 0 Å². The second kappa shape index (κ2) is 9.99. The molecule has 0 aromatic carbocycles. The first kappa shape index (κ1) is 12.9. The van der Waals surface area contributed by atoms with Crippen LogP contribution in [0.15, 0.2) is 0 Å². The Bertz CT molecular complexity index is 98.1. The van der Waals surface area contributed by atoms with E-state index >= 15 is 0 Å². The van der Waals surface area contributed by atoms with Crippen LogP contribution in [0, 0.1) is 0 Å². The molecule has 0 aromatic heterocycles. The quantitative estimate of drug-likeness (QED) is 0.403. The Kier molecular flexibility index (Phi) is 9.92. The van der Waals surface area contributed by atoms with E-state index in [1.807, 2.05) is 0 Å². The number of rotatable bonds is 9. The molecule has 0 fully saturated rings. The van der Waals surface area contributed by atoms with Crippen LogP contribution < -0.4 is 0 Å². The van der Waals surface area contributed by atoms with Crippen LogP contribution in [0.5, 0.6) is 0 Å². The van der Waals surface area contributed by atoms with Gasteiger partial charge in [-0.05, 0) is 6.42 Å². The van der Waals surface area contributed by atoms with Gasteiger partial charge < -0.3 is 18.7 Å². The maximum Gasteiger partial charge on any atom is 0.639 e. The molecule has 0 saturated carbocycles. The average Bonchev–Trinajstić information content (AvgIpc) is 2.17. The van der Waals surface area contributed by atoms with E-state index in [0.717, 1.165) is 19.4 Å². The molecule has 0 rings (SSSR count). The third-order valence-corrected chi connectivity index (χ3v) is 1.51. The molecule has 0 atom stereocenters. The first-order valence-corrected chi connectivity index (χ1v) is 4.60. The predicted molar refractivity (Wildman–Crippen MR) is 51.5 cm³/mol. The van der Waals surface area contributed by atoms with Gasteiger partial charge in [0.1, 0.15) is 0 Å². The molecule has 0 unspecified atom stereocenters. The van der Waals surface area contributed by atoms with Crippen LogP contribution in [0.1, 0.15) is 19.8 Å². The summed E-state index contributed by atoms with van der Waals surface area (Å²) in [5, 5.41) is 0. The van der Waals surface area contributed by atoms with Gasteiger partial charge in [-0.2, -0.15) is 0 Å². The van der Waals surface area contributed by atoms with Gasteiger partial charge in [-0.3, -0.25) is 0 Å². The maximum absolute atomic E-state index is 5.28. The topological polar surface area (TPSA) is 36.9 Å². The first-order chi connectivity index (χ1) is 6.35. The molecular formula is C8H19BO4. The zero-order valence-corrected chi connectivity index (χ0v) is 8.75. The van der Waals surface area contributed by atoms with Crippen molar-refractivity contribution < 1.29 is 18.7 Å². The lowest BCUT2D eigenvalue weighted by atomic mass is 10.2. The second-order valence-corrected chi connectivity index (χ2v) is 2.60. The summed E-state index contributed by atoms with van der Waals surface area (Å²) >= 11 is 0. The third kappa shape index (κ3) is 8.24. The molecule has 78 valence electrons. The zero-order chi connectivity index (χ0) is 9.94. The van der Waals surface area contributed by atoms with E-state index in [4.69, 9.17) is 18.7 Å². The van der Waals surface area contributed by atoms with Gasteiger partial charge in [-0.25, -0.2) is 0 Å². The Morgan fingerprint density at radius 3 is 2.23 bits per heavy atom. The molecule has 0 amide bonds. The molecule has 0 heterocycles. The number of ether oxygens (including phenoxy) is 1. The van der Waals surface area contributed by atoms with E-state index in [0.29, 0.717) is 13.2 Å².